The lowest BCUT2D eigenvalue weighted by Gasteiger charge is -2.06. The van der Waals surface area contributed by atoms with Crippen molar-refractivity contribution >= 4 is 34.4 Å². The van der Waals surface area contributed by atoms with Crippen molar-refractivity contribution in [2.75, 3.05) is 7.11 Å². The lowest BCUT2D eigenvalue weighted by Crippen LogP contribution is -1.87. The number of benzene rings is 1. The van der Waals surface area contributed by atoms with E-state index < -0.39 is 0 Å². The summed E-state index contributed by atoms with van der Waals surface area (Å²) in [4.78, 5) is 17.5. The lowest BCUT2D eigenvalue weighted by molar-refractivity contribution is 0.415. The van der Waals surface area contributed by atoms with Gasteiger partial charge in [0.15, 0.2) is 5.82 Å². The van der Waals surface area contributed by atoms with E-state index in [1.807, 2.05) is 0 Å². The van der Waals surface area contributed by atoms with Crippen LogP contribution in [0.2, 0.25) is 5.02 Å². The quantitative estimate of drug-likeness (QED) is 0.657. The van der Waals surface area contributed by atoms with Gasteiger partial charge in [-0.1, -0.05) is 11.6 Å². The normalized spacial score (nSPS) is 10.0. The monoisotopic (exact) mass is 250 g/mol. The van der Waals surface area contributed by atoms with Gasteiger partial charge in [0.25, 0.3) is 0 Å². The summed E-state index contributed by atoms with van der Waals surface area (Å²) < 4.78 is 5.03. The molecule has 0 fully saturated rings. The molecule has 0 bridgehead atoms. The molecule has 0 spiro atoms. The number of aliphatic imine (C=N–C) groups is 1. The summed E-state index contributed by atoms with van der Waals surface area (Å²) >= 11 is 5.93. The Hall–Kier alpha value is -2.10. The first-order valence-corrected chi connectivity index (χ1v) is 4.98. The van der Waals surface area contributed by atoms with Crippen molar-refractivity contribution in [3.8, 4) is 11.5 Å². The molecule has 0 saturated carbocycles. The summed E-state index contributed by atoms with van der Waals surface area (Å²) in [5.74, 6) is 0.452. The molecule has 5 nitrogen and oxygen atoms in total. The van der Waals surface area contributed by atoms with E-state index in [1.165, 1.54) is 25.3 Å². The third-order valence-electron chi connectivity index (χ3n) is 2.21. The van der Waals surface area contributed by atoms with E-state index in [9.17, 15) is 9.90 Å². The Morgan fingerprint density at radius 1 is 1.47 bits per heavy atom. The molecule has 1 aromatic heterocycles. The minimum atomic E-state index is -0.0565. The first-order valence-electron chi connectivity index (χ1n) is 4.61. The fourth-order valence-corrected chi connectivity index (χ4v) is 1.69. The summed E-state index contributed by atoms with van der Waals surface area (Å²) in [6, 6.07) is 4.36. The highest BCUT2D eigenvalue weighted by atomic mass is 35.5. The SMILES string of the molecule is COc1cc2c(O)cc(N=C=O)nc2cc1Cl. The number of aromatic hydroxyl groups is 1. The number of carbonyl (C=O) groups excluding carboxylic acids is 1. The minimum absolute atomic E-state index is 0.0565. The molecule has 2 rings (SSSR count). The van der Waals surface area contributed by atoms with E-state index in [1.54, 1.807) is 6.07 Å². The number of pyridine rings is 1. The van der Waals surface area contributed by atoms with Gasteiger partial charge in [0, 0.05) is 11.5 Å². The number of rotatable bonds is 2. The molecule has 86 valence electrons. The predicted molar refractivity (Wildman–Crippen MR) is 62.8 cm³/mol. The highest BCUT2D eigenvalue weighted by Crippen LogP contribution is 2.34. The van der Waals surface area contributed by atoms with Crippen molar-refractivity contribution in [3.63, 3.8) is 0 Å². The summed E-state index contributed by atoms with van der Waals surface area (Å²) in [6.45, 7) is 0. The van der Waals surface area contributed by atoms with Crippen molar-refractivity contribution in [1.29, 1.82) is 0 Å². The van der Waals surface area contributed by atoms with Crippen LogP contribution < -0.4 is 4.74 Å². The van der Waals surface area contributed by atoms with Gasteiger partial charge < -0.3 is 9.84 Å². The van der Waals surface area contributed by atoms with E-state index in [2.05, 4.69) is 9.98 Å². The number of hydrogen-bond donors (Lipinski definition) is 1. The number of aromatic nitrogens is 1. The zero-order valence-corrected chi connectivity index (χ0v) is 9.52. The second-order valence-electron chi connectivity index (χ2n) is 3.21. The van der Waals surface area contributed by atoms with Crippen molar-refractivity contribution in [1.82, 2.24) is 4.98 Å². The van der Waals surface area contributed by atoms with Gasteiger partial charge in [0.1, 0.15) is 11.5 Å². The maximum absolute atomic E-state index is 10.1. The smallest absolute Gasteiger partial charge is 0.242 e. The summed E-state index contributed by atoms with van der Waals surface area (Å²) in [7, 11) is 1.47. The second kappa shape index (κ2) is 4.41. The average molecular weight is 251 g/mol. The summed E-state index contributed by atoms with van der Waals surface area (Å²) in [5, 5.41) is 10.6. The fourth-order valence-electron chi connectivity index (χ4n) is 1.46. The number of nitrogens with zero attached hydrogens (tertiary/aromatic N) is 2. The van der Waals surface area contributed by atoms with Crippen LogP contribution in [0.5, 0.6) is 11.5 Å². The largest absolute Gasteiger partial charge is 0.507 e. The van der Waals surface area contributed by atoms with E-state index in [4.69, 9.17) is 16.3 Å². The highest BCUT2D eigenvalue weighted by Gasteiger charge is 2.09. The molecular formula is C11H7ClN2O3. The van der Waals surface area contributed by atoms with Gasteiger partial charge >= 0.3 is 0 Å². The molecular weight excluding hydrogens is 244 g/mol. The van der Waals surface area contributed by atoms with Gasteiger partial charge in [-0.2, -0.15) is 0 Å². The van der Waals surface area contributed by atoms with Gasteiger partial charge in [-0.15, -0.1) is 4.99 Å². The minimum Gasteiger partial charge on any atom is -0.507 e. The molecule has 0 amide bonds. The molecule has 0 aliphatic carbocycles. The molecule has 1 N–H and O–H groups in total. The van der Waals surface area contributed by atoms with Crippen LogP contribution in [0.25, 0.3) is 10.9 Å². The van der Waals surface area contributed by atoms with Gasteiger partial charge in [0.05, 0.1) is 17.6 Å². The van der Waals surface area contributed by atoms with Gasteiger partial charge in [-0.25, -0.2) is 9.78 Å². The van der Waals surface area contributed by atoms with Crippen molar-refractivity contribution in [2.24, 2.45) is 4.99 Å². The number of fused-ring (bicyclic) bond motifs is 1. The van der Waals surface area contributed by atoms with Crippen LogP contribution in [0.4, 0.5) is 5.82 Å². The zero-order chi connectivity index (χ0) is 12.4. The molecule has 0 aliphatic rings. The summed E-state index contributed by atoms with van der Waals surface area (Å²) in [6.07, 6.45) is 1.36. The maximum Gasteiger partial charge on any atom is 0.242 e. The van der Waals surface area contributed by atoms with Crippen LogP contribution in [-0.4, -0.2) is 23.3 Å². The Bertz CT molecular complexity index is 636. The number of hydrogen-bond acceptors (Lipinski definition) is 5. The lowest BCUT2D eigenvalue weighted by atomic mass is 10.2. The molecule has 0 radical (unpaired) electrons. The van der Waals surface area contributed by atoms with Crippen LogP contribution in [0.15, 0.2) is 23.2 Å². The Labute approximate surface area is 101 Å². The van der Waals surface area contributed by atoms with E-state index >= 15 is 0 Å². The van der Waals surface area contributed by atoms with Gasteiger partial charge in [0.2, 0.25) is 6.08 Å². The molecule has 6 heteroatoms. The van der Waals surface area contributed by atoms with E-state index in [-0.39, 0.29) is 11.6 Å². The van der Waals surface area contributed by atoms with E-state index in [0.717, 1.165) is 0 Å². The molecule has 2 aromatic rings. The molecule has 1 heterocycles. The Balaban J connectivity index is 2.77. The third-order valence-corrected chi connectivity index (χ3v) is 2.50. The topological polar surface area (TPSA) is 71.8 Å². The molecule has 0 atom stereocenters. The van der Waals surface area contributed by atoms with Crippen molar-refractivity contribution < 1.29 is 14.6 Å². The first-order chi connectivity index (χ1) is 8.15. The van der Waals surface area contributed by atoms with Crippen LogP contribution in [0.3, 0.4) is 0 Å². The molecule has 1 aromatic carbocycles. The fraction of sp³-hybridized carbons (Fsp3) is 0.0909. The predicted octanol–water partition coefficient (Wildman–Crippen LogP) is 2.57. The summed E-state index contributed by atoms with van der Waals surface area (Å²) in [5.41, 5.74) is 0.421. The number of ether oxygens (including phenoxy) is 1. The highest BCUT2D eigenvalue weighted by molar-refractivity contribution is 6.32. The van der Waals surface area contributed by atoms with Gasteiger partial charge in [-0.3, -0.25) is 0 Å². The molecule has 0 aliphatic heterocycles. The maximum atomic E-state index is 10.1. The number of isocyanates is 1. The van der Waals surface area contributed by atoms with Crippen LogP contribution in [0.1, 0.15) is 0 Å². The Morgan fingerprint density at radius 3 is 2.88 bits per heavy atom. The average Bonchev–Trinajstić information content (AvgIpc) is 2.28. The van der Waals surface area contributed by atoms with Crippen LogP contribution in [0, 0.1) is 0 Å². The standard InChI is InChI=1S/C11H7ClN2O3/c1-17-10-2-6-8(3-7(10)12)14-11(13-5-15)4-9(6)16/h2-4H,1H3,(H,14,16). The van der Waals surface area contributed by atoms with Crippen molar-refractivity contribution in [2.45, 2.75) is 0 Å². The van der Waals surface area contributed by atoms with Crippen molar-refractivity contribution in [3.05, 3.63) is 23.2 Å². The molecule has 0 saturated heterocycles. The first kappa shape index (κ1) is 11.4. The zero-order valence-electron chi connectivity index (χ0n) is 8.77. The Morgan fingerprint density at radius 2 is 2.24 bits per heavy atom. The van der Waals surface area contributed by atoms with Crippen LogP contribution in [-0.2, 0) is 4.79 Å². The molecule has 17 heavy (non-hydrogen) atoms. The molecule has 0 unspecified atom stereocenters. The number of halogens is 1. The van der Waals surface area contributed by atoms with Gasteiger partial charge in [-0.05, 0) is 12.1 Å². The van der Waals surface area contributed by atoms with E-state index in [0.29, 0.717) is 21.7 Å². The third kappa shape index (κ3) is 2.06. The second-order valence-corrected chi connectivity index (χ2v) is 3.61. The Kier molecular flexibility index (Phi) is 2.95. The number of methoxy groups -OCH3 is 1. The van der Waals surface area contributed by atoms with Crippen LogP contribution >= 0.6 is 11.6 Å².